The molecule has 4 rings (SSSR count). The van der Waals surface area contributed by atoms with Crippen molar-refractivity contribution in [2.45, 2.75) is 30.4 Å². The number of rotatable bonds is 8. The normalized spacial score (nSPS) is 21.7. The Labute approximate surface area is 209 Å². The van der Waals surface area contributed by atoms with Crippen molar-refractivity contribution < 1.29 is 32.2 Å². The summed E-state index contributed by atoms with van der Waals surface area (Å²) in [6.45, 7) is 9.00. The van der Waals surface area contributed by atoms with Crippen LogP contribution in [0.25, 0.3) is 10.9 Å². The standard InChI is InChI=1S/C27H27NO7S/c1-5-15-34-26(30)27(25(29)33-4)17-20(6-2)35-24(27)23-16-19-9-7-8-10-22(19)28(23)36(31,32)21-13-11-18(3)12-14-21/h5-14,16,20,24H,1-2,15,17H2,3-4H3/t20-,24+,27+/m0/s1. The third-order valence-electron chi connectivity index (χ3n) is 6.31. The van der Waals surface area contributed by atoms with Gasteiger partial charge in [0.15, 0.2) is 5.41 Å². The topological polar surface area (TPSA) is 101 Å². The van der Waals surface area contributed by atoms with Crippen LogP contribution < -0.4 is 0 Å². The second-order valence-corrected chi connectivity index (χ2v) is 10.3. The van der Waals surface area contributed by atoms with Crippen LogP contribution in [0, 0.1) is 12.3 Å². The Hall–Kier alpha value is -3.69. The van der Waals surface area contributed by atoms with Gasteiger partial charge in [-0.25, -0.2) is 12.4 Å². The number of nitrogens with zero attached hydrogens (tertiary/aromatic N) is 1. The fraction of sp³-hybridized carbons (Fsp3) is 0.259. The molecule has 0 N–H and O–H groups in total. The molecule has 9 heteroatoms. The van der Waals surface area contributed by atoms with Crippen molar-refractivity contribution in [1.82, 2.24) is 3.97 Å². The van der Waals surface area contributed by atoms with Crippen molar-refractivity contribution in [3.63, 3.8) is 0 Å². The molecule has 2 aromatic carbocycles. The van der Waals surface area contributed by atoms with E-state index < -0.39 is 39.6 Å². The number of ether oxygens (including phenoxy) is 3. The lowest BCUT2D eigenvalue weighted by atomic mass is 9.78. The van der Waals surface area contributed by atoms with Crippen LogP contribution in [-0.4, -0.2) is 44.1 Å². The van der Waals surface area contributed by atoms with Gasteiger partial charge in [-0.1, -0.05) is 54.6 Å². The number of methoxy groups -OCH3 is 1. The monoisotopic (exact) mass is 509 g/mol. The lowest BCUT2D eigenvalue weighted by molar-refractivity contribution is -0.175. The van der Waals surface area contributed by atoms with Gasteiger partial charge in [0, 0.05) is 11.8 Å². The molecule has 1 saturated heterocycles. The highest BCUT2D eigenvalue weighted by Gasteiger charge is 2.63. The predicted molar refractivity (Wildman–Crippen MR) is 134 cm³/mol. The second kappa shape index (κ2) is 9.75. The molecule has 8 nitrogen and oxygen atoms in total. The second-order valence-electron chi connectivity index (χ2n) is 8.55. The molecule has 1 aliphatic heterocycles. The number of aryl methyl sites for hydroxylation is 1. The van der Waals surface area contributed by atoms with E-state index in [2.05, 4.69) is 13.2 Å². The van der Waals surface area contributed by atoms with Gasteiger partial charge in [0.05, 0.1) is 29.3 Å². The number of esters is 2. The van der Waals surface area contributed by atoms with Gasteiger partial charge in [0.25, 0.3) is 10.0 Å². The van der Waals surface area contributed by atoms with Crippen LogP contribution in [0.5, 0.6) is 0 Å². The van der Waals surface area contributed by atoms with Crippen LogP contribution in [-0.2, 0) is 33.8 Å². The highest BCUT2D eigenvalue weighted by atomic mass is 32.2. The number of hydrogen-bond donors (Lipinski definition) is 0. The van der Waals surface area contributed by atoms with Gasteiger partial charge < -0.3 is 14.2 Å². The van der Waals surface area contributed by atoms with Crippen molar-refractivity contribution in [3.05, 3.63) is 91.2 Å². The molecule has 3 atom stereocenters. The van der Waals surface area contributed by atoms with Crippen LogP contribution >= 0.6 is 0 Å². The van der Waals surface area contributed by atoms with Gasteiger partial charge >= 0.3 is 11.9 Å². The van der Waals surface area contributed by atoms with Crippen molar-refractivity contribution >= 4 is 32.9 Å². The molecule has 3 aromatic rings. The number of aromatic nitrogens is 1. The lowest BCUT2D eigenvalue weighted by Crippen LogP contribution is -2.44. The molecule has 0 bridgehead atoms. The molecule has 0 saturated carbocycles. The molecule has 1 aromatic heterocycles. The molecule has 2 heterocycles. The van der Waals surface area contributed by atoms with E-state index in [1.807, 2.05) is 6.92 Å². The highest BCUT2D eigenvalue weighted by molar-refractivity contribution is 7.90. The minimum Gasteiger partial charge on any atom is -0.468 e. The lowest BCUT2D eigenvalue weighted by Gasteiger charge is -2.29. The molecule has 1 aliphatic rings. The van der Waals surface area contributed by atoms with Gasteiger partial charge in [-0.3, -0.25) is 9.59 Å². The van der Waals surface area contributed by atoms with Gasteiger partial charge in [-0.2, -0.15) is 0 Å². The summed E-state index contributed by atoms with van der Waals surface area (Å²) in [5, 5.41) is 0.590. The third kappa shape index (κ3) is 4.04. The number of carbonyl (C=O) groups is 2. The minimum absolute atomic E-state index is 0.0480. The number of hydrogen-bond acceptors (Lipinski definition) is 7. The Morgan fingerprint density at radius 3 is 2.47 bits per heavy atom. The van der Waals surface area contributed by atoms with Gasteiger partial charge in [0.1, 0.15) is 12.7 Å². The zero-order chi connectivity index (χ0) is 26.1. The van der Waals surface area contributed by atoms with E-state index in [1.54, 1.807) is 42.5 Å². The highest BCUT2D eigenvalue weighted by Crippen LogP contribution is 2.51. The van der Waals surface area contributed by atoms with E-state index in [0.29, 0.717) is 10.9 Å². The summed E-state index contributed by atoms with van der Waals surface area (Å²) in [6, 6.07) is 14.9. The maximum Gasteiger partial charge on any atom is 0.327 e. The zero-order valence-electron chi connectivity index (χ0n) is 20.0. The Morgan fingerprint density at radius 1 is 1.14 bits per heavy atom. The van der Waals surface area contributed by atoms with Crippen LogP contribution in [0.3, 0.4) is 0 Å². The Morgan fingerprint density at radius 2 is 1.83 bits per heavy atom. The van der Waals surface area contributed by atoms with Gasteiger partial charge in [-0.05, 0) is 31.2 Å². The Balaban J connectivity index is 2.01. The third-order valence-corrected chi connectivity index (χ3v) is 8.07. The summed E-state index contributed by atoms with van der Waals surface area (Å²) >= 11 is 0. The molecule has 0 unspecified atom stereocenters. The van der Waals surface area contributed by atoms with Crippen molar-refractivity contribution in [1.29, 1.82) is 0 Å². The first-order valence-corrected chi connectivity index (χ1v) is 12.7. The van der Waals surface area contributed by atoms with Crippen LogP contribution in [0.4, 0.5) is 0 Å². The summed E-state index contributed by atoms with van der Waals surface area (Å²) in [7, 11) is -3.01. The Kier molecular flexibility index (Phi) is 6.88. The zero-order valence-corrected chi connectivity index (χ0v) is 20.9. The van der Waals surface area contributed by atoms with Crippen LogP contribution in [0.15, 0.2) is 84.8 Å². The van der Waals surface area contributed by atoms with Crippen molar-refractivity contribution in [2.75, 3.05) is 13.7 Å². The van der Waals surface area contributed by atoms with E-state index in [-0.39, 0.29) is 23.6 Å². The quantitative estimate of drug-likeness (QED) is 0.256. The van der Waals surface area contributed by atoms with Crippen LogP contribution in [0.2, 0.25) is 0 Å². The summed E-state index contributed by atoms with van der Waals surface area (Å²) in [5.41, 5.74) is -0.598. The fourth-order valence-electron chi connectivity index (χ4n) is 4.55. The summed E-state index contributed by atoms with van der Waals surface area (Å²) in [4.78, 5) is 26.7. The van der Waals surface area contributed by atoms with Crippen LogP contribution in [0.1, 0.15) is 23.8 Å². The van der Waals surface area contributed by atoms with Crippen molar-refractivity contribution in [3.8, 4) is 0 Å². The first-order valence-electron chi connectivity index (χ1n) is 11.3. The molecular formula is C27H27NO7S. The molecule has 36 heavy (non-hydrogen) atoms. The Bertz CT molecular complexity index is 1440. The predicted octanol–water partition coefficient (Wildman–Crippen LogP) is 4.09. The molecule has 0 radical (unpaired) electrons. The van der Waals surface area contributed by atoms with Crippen molar-refractivity contribution in [2.24, 2.45) is 5.41 Å². The maximum absolute atomic E-state index is 14.0. The number of para-hydroxylation sites is 1. The first-order chi connectivity index (χ1) is 17.2. The smallest absolute Gasteiger partial charge is 0.327 e. The number of benzene rings is 2. The summed E-state index contributed by atoms with van der Waals surface area (Å²) in [6.07, 6.45) is 0.629. The van der Waals surface area contributed by atoms with Gasteiger partial charge in [0.2, 0.25) is 0 Å². The average molecular weight is 510 g/mol. The molecule has 0 aliphatic carbocycles. The number of carbonyl (C=O) groups excluding carboxylic acids is 2. The largest absolute Gasteiger partial charge is 0.468 e. The number of fused-ring (bicyclic) bond motifs is 1. The maximum atomic E-state index is 14.0. The van der Waals surface area contributed by atoms with E-state index >= 15 is 0 Å². The molecule has 0 spiro atoms. The molecule has 188 valence electrons. The summed E-state index contributed by atoms with van der Waals surface area (Å²) in [5.74, 6) is -1.79. The first kappa shape index (κ1) is 25.4. The van der Waals surface area contributed by atoms with E-state index in [9.17, 15) is 18.0 Å². The SMILES string of the molecule is C=CCOC(=O)[C@]1(C(=O)OC)C[C@H](C=C)O[C@@H]1c1cc2ccccc2n1S(=O)(=O)c1ccc(C)cc1. The molecule has 0 amide bonds. The summed E-state index contributed by atoms with van der Waals surface area (Å²) < 4.78 is 45.6. The fourth-order valence-corrected chi connectivity index (χ4v) is 6.09. The average Bonchev–Trinajstić information content (AvgIpc) is 3.47. The van der Waals surface area contributed by atoms with Gasteiger partial charge in [-0.15, -0.1) is 6.58 Å². The van der Waals surface area contributed by atoms with E-state index in [4.69, 9.17) is 14.2 Å². The molecule has 1 fully saturated rings. The van der Waals surface area contributed by atoms with E-state index in [0.717, 1.165) is 16.6 Å². The minimum atomic E-state index is -4.17. The van der Waals surface area contributed by atoms with E-state index in [1.165, 1.54) is 24.3 Å². The molecular weight excluding hydrogens is 482 g/mol.